The Kier molecular flexibility index (Phi) is 1.98. The molecule has 0 radical (unpaired) electrons. The minimum Gasteiger partial charge on any atom is -0.472 e. The van der Waals surface area contributed by atoms with Crippen LogP contribution in [-0.4, -0.2) is 5.78 Å². The highest BCUT2D eigenvalue weighted by Crippen LogP contribution is 2.31. The highest BCUT2D eigenvalue weighted by atomic mass is 16.3. The van der Waals surface area contributed by atoms with Crippen LogP contribution in [0.25, 0.3) is 0 Å². The first-order valence-electron chi connectivity index (χ1n) is 4.40. The van der Waals surface area contributed by atoms with Crippen LogP contribution in [0.4, 0.5) is 0 Å². The van der Waals surface area contributed by atoms with Crippen molar-refractivity contribution < 1.29 is 9.21 Å². The van der Waals surface area contributed by atoms with Gasteiger partial charge in [0.05, 0.1) is 12.5 Å². The topological polar surface area (TPSA) is 30.2 Å². The summed E-state index contributed by atoms with van der Waals surface area (Å²) < 4.78 is 4.91. The number of ketones is 1. The van der Waals surface area contributed by atoms with Crippen molar-refractivity contribution in [3.8, 4) is 0 Å². The van der Waals surface area contributed by atoms with E-state index in [1.54, 1.807) is 12.5 Å². The second-order valence-corrected chi connectivity index (χ2v) is 3.37. The Hall–Kier alpha value is -1.05. The molecule has 1 fully saturated rings. The average molecular weight is 164 g/mol. The van der Waals surface area contributed by atoms with Gasteiger partial charge in [-0.05, 0) is 30.9 Å². The van der Waals surface area contributed by atoms with Crippen LogP contribution >= 0.6 is 0 Å². The van der Waals surface area contributed by atoms with Crippen molar-refractivity contribution in [3.05, 3.63) is 24.2 Å². The van der Waals surface area contributed by atoms with Crippen LogP contribution in [0.5, 0.6) is 0 Å². The lowest BCUT2D eigenvalue weighted by Crippen LogP contribution is -2.01. The van der Waals surface area contributed by atoms with E-state index in [0.29, 0.717) is 18.1 Å². The summed E-state index contributed by atoms with van der Waals surface area (Å²) in [4.78, 5) is 11.3. The van der Waals surface area contributed by atoms with E-state index in [4.69, 9.17) is 4.42 Å². The molecule has 1 aliphatic carbocycles. The molecule has 0 saturated heterocycles. The molecule has 0 amide bonds. The van der Waals surface area contributed by atoms with Crippen LogP contribution in [0.3, 0.4) is 0 Å². The third-order valence-electron chi connectivity index (χ3n) is 2.27. The summed E-state index contributed by atoms with van der Waals surface area (Å²) in [5, 5.41) is 0. The molecule has 0 aliphatic heterocycles. The largest absolute Gasteiger partial charge is 0.472 e. The van der Waals surface area contributed by atoms with Gasteiger partial charge in [-0.1, -0.05) is 0 Å². The maximum Gasteiger partial charge on any atom is 0.136 e. The molecule has 0 N–H and O–H groups in total. The minimum absolute atomic E-state index is 0.400. The lowest BCUT2D eigenvalue weighted by molar-refractivity contribution is -0.120. The number of Topliss-reactive ketones (excluding diaryl/α,β-unsaturated/α-hetero) is 1. The highest BCUT2D eigenvalue weighted by Gasteiger charge is 2.28. The van der Waals surface area contributed by atoms with Crippen molar-refractivity contribution in [2.24, 2.45) is 5.92 Å². The van der Waals surface area contributed by atoms with Gasteiger partial charge in [-0.3, -0.25) is 4.79 Å². The Morgan fingerprint density at radius 1 is 1.58 bits per heavy atom. The Bertz CT molecular complexity index is 257. The van der Waals surface area contributed by atoms with Crippen molar-refractivity contribution in [1.82, 2.24) is 0 Å². The maximum atomic E-state index is 11.3. The standard InChI is InChI=1S/C10H12O2/c11-10(9-2-3-9)4-1-8-5-6-12-7-8/h5-7,9H,1-4H2. The van der Waals surface area contributed by atoms with Gasteiger partial charge in [-0.15, -0.1) is 0 Å². The van der Waals surface area contributed by atoms with Gasteiger partial charge in [0.2, 0.25) is 0 Å². The SMILES string of the molecule is O=C(CCc1ccoc1)C1CC1. The molecule has 12 heavy (non-hydrogen) atoms. The van der Waals surface area contributed by atoms with E-state index in [9.17, 15) is 4.79 Å². The van der Waals surface area contributed by atoms with Gasteiger partial charge in [0.25, 0.3) is 0 Å². The second-order valence-electron chi connectivity index (χ2n) is 3.37. The van der Waals surface area contributed by atoms with E-state index >= 15 is 0 Å². The van der Waals surface area contributed by atoms with Gasteiger partial charge in [0.15, 0.2) is 0 Å². The van der Waals surface area contributed by atoms with Crippen molar-refractivity contribution in [3.63, 3.8) is 0 Å². The molecule has 1 aromatic heterocycles. The number of carbonyl (C=O) groups excluding carboxylic acids is 1. The summed E-state index contributed by atoms with van der Waals surface area (Å²) in [5.74, 6) is 0.827. The summed E-state index contributed by atoms with van der Waals surface area (Å²) in [7, 11) is 0. The first-order valence-corrected chi connectivity index (χ1v) is 4.40. The van der Waals surface area contributed by atoms with Gasteiger partial charge < -0.3 is 4.42 Å². The van der Waals surface area contributed by atoms with E-state index < -0.39 is 0 Å². The quantitative estimate of drug-likeness (QED) is 0.682. The third-order valence-corrected chi connectivity index (χ3v) is 2.27. The first kappa shape index (κ1) is 7.59. The molecule has 0 spiro atoms. The monoisotopic (exact) mass is 164 g/mol. The van der Waals surface area contributed by atoms with Crippen molar-refractivity contribution in [1.29, 1.82) is 0 Å². The van der Waals surface area contributed by atoms with E-state index in [0.717, 1.165) is 24.8 Å². The Morgan fingerprint density at radius 3 is 3.00 bits per heavy atom. The zero-order valence-corrected chi connectivity index (χ0v) is 6.95. The number of carbonyl (C=O) groups is 1. The molecule has 0 atom stereocenters. The second kappa shape index (κ2) is 3.13. The fourth-order valence-corrected chi connectivity index (χ4v) is 1.31. The van der Waals surface area contributed by atoms with Gasteiger partial charge in [-0.2, -0.15) is 0 Å². The molecule has 1 heterocycles. The van der Waals surface area contributed by atoms with Crippen LogP contribution in [-0.2, 0) is 11.2 Å². The maximum absolute atomic E-state index is 11.3. The lowest BCUT2D eigenvalue weighted by Gasteiger charge is -1.94. The summed E-state index contributed by atoms with van der Waals surface area (Å²) in [6, 6.07) is 1.92. The van der Waals surface area contributed by atoms with Gasteiger partial charge >= 0.3 is 0 Å². The van der Waals surface area contributed by atoms with Gasteiger partial charge in [0, 0.05) is 12.3 Å². The summed E-state index contributed by atoms with van der Waals surface area (Å²) in [6.45, 7) is 0. The molecular formula is C10H12O2. The molecule has 0 aromatic carbocycles. The zero-order chi connectivity index (χ0) is 8.39. The van der Waals surface area contributed by atoms with E-state index in [2.05, 4.69) is 0 Å². The minimum atomic E-state index is 0.400. The summed E-state index contributed by atoms with van der Waals surface area (Å²) >= 11 is 0. The highest BCUT2D eigenvalue weighted by molar-refractivity contribution is 5.83. The number of furan rings is 1. The molecular weight excluding hydrogens is 152 g/mol. The number of hydrogen-bond acceptors (Lipinski definition) is 2. The Morgan fingerprint density at radius 2 is 2.42 bits per heavy atom. The normalized spacial score (nSPS) is 16.3. The lowest BCUT2D eigenvalue weighted by atomic mass is 10.1. The molecule has 1 aliphatic rings. The molecule has 2 nitrogen and oxygen atoms in total. The molecule has 2 heteroatoms. The van der Waals surface area contributed by atoms with Crippen molar-refractivity contribution >= 4 is 5.78 Å². The predicted octanol–water partition coefficient (Wildman–Crippen LogP) is 2.19. The predicted molar refractivity (Wildman–Crippen MR) is 44.8 cm³/mol. The van der Waals surface area contributed by atoms with E-state index in [-0.39, 0.29) is 0 Å². The Balaban J connectivity index is 1.78. The van der Waals surface area contributed by atoms with Crippen LogP contribution in [0.15, 0.2) is 23.0 Å². The van der Waals surface area contributed by atoms with Gasteiger partial charge in [-0.25, -0.2) is 0 Å². The third kappa shape index (κ3) is 1.76. The van der Waals surface area contributed by atoms with Crippen LogP contribution in [0, 0.1) is 5.92 Å². The fraction of sp³-hybridized carbons (Fsp3) is 0.500. The average Bonchev–Trinajstić information content (AvgIpc) is 2.80. The summed E-state index contributed by atoms with van der Waals surface area (Å²) in [5.41, 5.74) is 1.13. The fourth-order valence-electron chi connectivity index (χ4n) is 1.31. The number of rotatable bonds is 4. The van der Waals surface area contributed by atoms with Gasteiger partial charge in [0.1, 0.15) is 5.78 Å². The van der Waals surface area contributed by atoms with E-state index in [1.165, 1.54) is 0 Å². The molecule has 64 valence electrons. The zero-order valence-electron chi connectivity index (χ0n) is 6.95. The Labute approximate surface area is 71.6 Å². The number of aryl methyl sites for hydroxylation is 1. The van der Waals surface area contributed by atoms with Crippen LogP contribution in [0.1, 0.15) is 24.8 Å². The first-order chi connectivity index (χ1) is 5.86. The van der Waals surface area contributed by atoms with Crippen molar-refractivity contribution in [2.45, 2.75) is 25.7 Å². The summed E-state index contributed by atoms with van der Waals surface area (Å²) in [6.07, 6.45) is 7.11. The van der Waals surface area contributed by atoms with Crippen LogP contribution < -0.4 is 0 Å². The van der Waals surface area contributed by atoms with E-state index in [1.807, 2.05) is 6.07 Å². The molecule has 0 unspecified atom stereocenters. The molecule has 2 rings (SSSR count). The smallest absolute Gasteiger partial charge is 0.136 e. The molecule has 0 bridgehead atoms. The molecule has 1 aromatic rings. The molecule has 1 saturated carbocycles. The van der Waals surface area contributed by atoms with Crippen molar-refractivity contribution in [2.75, 3.05) is 0 Å². The van der Waals surface area contributed by atoms with Crippen LogP contribution in [0.2, 0.25) is 0 Å². The number of hydrogen-bond donors (Lipinski definition) is 0.